The maximum atomic E-state index is 12.5. The van der Waals surface area contributed by atoms with Gasteiger partial charge >= 0.3 is 0 Å². The SMILES string of the molecule is CCC(C)(C)C(=O)C1CCCc2sccc21. The lowest BCUT2D eigenvalue weighted by atomic mass is 9.73. The number of rotatable bonds is 3. The Labute approximate surface area is 102 Å². The van der Waals surface area contributed by atoms with Gasteiger partial charge in [-0.15, -0.1) is 11.3 Å². The predicted molar refractivity (Wildman–Crippen MR) is 69.1 cm³/mol. The normalized spacial score (nSPS) is 20.6. The van der Waals surface area contributed by atoms with Crippen LogP contribution in [0.3, 0.4) is 0 Å². The molecule has 0 fully saturated rings. The van der Waals surface area contributed by atoms with Gasteiger partial charge in [0.1, 0.15) is 5.78 Å². The van der Waals surface area contributed by atoms with Gasteiger partial charge in [-0.1, -0.05) is 20.8 Å². The molecule has 1 atom stereocenters. The van der Waals surface area contributed by atoms with Gasteiger partial charge < -0.3 is 0 Å². The van der Waals surface area contributed by atoms with Crippen molar-refractivity contribution in [2.45, 2.75) is 52.4 Å². The maximum Gasteiger partial charge on any atom is 0.145 e. The van der Waals surface area contributed by atoms with Gasteiger partial charge in [0.05, 0.1) is 0 Å². The molecule has 1 aliphatic carbocycles. The van der Waals surface area contributed by atoms with Crippen LogP contribution in [0.5, 0.6) is 0 Å². The third-order valence-electron chi connectivity index (χ3n) is 3.92. The number of fused-ring (bicyclic) bond motifs is 1. The van der Waals surface area contributed by atoms with E-state index in [-0.39, 0.29) is 11.3 Å². The third-order valence-corrected chi connectivity index (χ3v) is 4.92. The van der Waals surface area contributed by atoms with Gasteiger partial charge in [0, 0.05) is 16.2 Å². The summed E-state index contributed by atoms with van der Waals surface area (Å²) in [5.41, 5.74) is 1.16. The lowest BCUT2D eigenvalue weighted by Gasteiger charge is -2.29. The van der Waals surface area contributed by atoms with Crippen molar-refractivity contribution in [3.63, 3.8) is 0 Å². The van der Waals surface area contributed by atoms with E-state index in [0.717, 1.165) is 12.8 Å². The van der Waals surface area contributed by atoms with Gasteiger partial charge in [-0.2, -0.15) is 0 Å². The van der Waals surface area contributed by atoms with Crippen LogP contribution in [-0.2, 0) is 11.2 Å². The molecule has 0 bridgehead atoms. The Kier molecular flexibility index (Phi) is 3.20. The first-order chi connectivity index (χ1) is 7.56. The summed E-state index contributed by atoms with van der Waals surface area (Å²) < 4.78 is 0. The van der Waals surface area contributed by atoms with E-state index in [1.807, 2.05) is 11.3 Å². The summed E-state index contributed by atoms with van der Waals surface area (Å²) in [5.74, 6) is 0.610. The highest BCUT2D eigenvalue weighted by Crippen LogP contribution is 2.40. The van der Waals surface area contributed by atoms with Crippen molar-refractivity contribution >= 4 is 17.1 Å². The minimum atomic E-state index is -0.165. The second-order valence-electron chi connectivity index (χ2n) is 5.35. The average Bonchev–Trinajstić information content (AvgIpc) is 2.75. The quantitative estimate of drug-likeness (QED) is 0.769. The largest absolute Gasteiger partial charge is 0.298 e. The summed E-state index contributed by atoms with van der Waals surface area (Å²) in [6.45, 7) is 6.27. The van der Waals surface area contributed by atoms with E-state index in [2.05, 4.69) is 32.2 Å². The topological polar surface area (TPSA) is 17.1 Å². The molecule has 0 saturated heterocycles. The molecule has 0 N–H and O–H groups in total. The van der Waals surface area contributed by atoms with E-state index in [0.29, 0.717) is 5.78 Å². The van der Waals surface area contributed by atoms with Crippen LogP contribution in [0.15, 0.2) is 11.4 Å². The van der Waals surface area contributed by atoms with Crippen LogP contribution in [0.4, 0.5) is 0 Å². The molecule has 2 rings (SSSR count). The Morgan fingerprint density at radius 2 is 2.31 bits per heavy atom. The van der Waals surface area contributed by atoms with Crippen molar-refractivity contribution < 1.29 is 4.79 Å². The van der Waals surface area contributed by atoms with Gasteiger partial charge in [0.2, 0.25) is 0 Å². The standard InChI is InChI=1S/C14H20OS/c1-4-14(2,3)13(15)11-6-5-7-12-10(11)8-9-16-12/h8-9,11H,4-7H2,1-3H3. The van der Waals surface area contributed by atoms with E-state index in [1.54, 1.807) is 0 Å². The van der Waals surface area contributed by atoms with Gasteiger partial charge in [0.25, 0.3) is 0 Å². The highest BCUT2D eigenvalue weighted by Gasteiger charge is 2.35. The summed E-state index contributed by atoms with van der Waals surface area (Å²) >= 11 is 1.81. The van der Waals surface area contributed by atoms with E-state index in [1.165, 1.54) is 23.3 Å². The minimum absolute atomic E-state index is 0.165. The summed E-state index contributed by atoms with van der Waals surface area (Å²) in [7, 11) is 0. The van der Waals surface area contributed by atoms with Gasteiger partial charge in [0.15, 0.2) is 0 Å². The van der Waals surface area contributed by atoms with Crippen LogP contribution < -0.4 is 0 Å². The van der Waals surface area contributed by atoms with Crippen molar-refractivity contribution in [2.24, 2.45) is 5.41 Å². The molecule has 1 nitrogen and oxygen atoms in total. The van der Waals surface area contributed by atoms with Crippen molar-refractivity contribution in [3.05, 3.63) is 21.9 Å². The molecular weight excluding hydrogens is 216 g/mol. The first kappa shape index (κ1) is 11.8. The fraction of sp³-hybridized carbons (Fsp3) is 0.643. The zero-order valence-corrected chi connectivity index (χ0v) is 11.2. The van der Waals surface area contributed by atoms with Crippen LogP contribution in [0.1, 0.15) is 56.4 Å². The molecule has 1 heterocycles. The third kappa shape index (κ3) is 1.95. The Morgan fingerprint density at radius 1 is 1.56 bits per heavy atom. The predicted octanol–water partition coefficient (Wildman–Crippen LogP) is 4.17. The zero-order valence-electron chi connectivity index (χ0n) is 10.4. The number of aryl methyl sites for hydroxylation is 1. The molecule has 0 aromatic carbocycles. The Morgan fingerprint density at radius 3 is 3.00 bits per heavy atom. The second kappa shape index (κ2) is 4.33. The molecule has 0 spiro atoms. The van der Waals surface area contributed by atoms with E-state index in [4.69, 9.17) is 0 Å². The lowest BCUT2D eigenvalue weighted by molar-refractivity contribution is -0.129. The molecule has 1 aromatic rings. The zero-order chi connectivity index (χ0) is 11.8. The van der Waals surface area contributed by atoms with Crippen molar-refractivity contribution in [1.82, 2.24) is 0 Å². The number of hydrogen-bond donors (Lipinski definition) is 0. The van der Waals surface area contributed by atoms with Gasteiger partial charge in [-0.25, -0.2) is 0 Å². The smallest absolute Gasteiger partial charge is 0.145 e. The van der Waals surface area contributed by atoms with E-state index >= 15 is 0 Å². The first-order valence-electron chi connectivity index (χ1n) is 6.17. The molecule has 1 aromatic heterocycles. The molecule has 1 unspecified atom stereocenters. The average molecular weight is 236 g/mol. The summed E-state index contributed by atoms with van der Waals surface area (Å²) in [4.78, 5) is 14.0. The number of hydrogen-bond acceptors (Lipinski definition) is 2. The molecule has 1 aliphatic rings. The molecule has 88 valence electrons. The van der Waals surface area contributed by atoms with Crippen LogP contribution in [0, 0.1) is 5.41 Å². The van der Waals surface area contributed by atoms with Crippen molar-refractivity contribution in [2.75, 3.05) is 0 Å². The fourth-order valence-corrected chi connectivity index (χ4v) is 3.39. The highest BCUT2D eigenvalue weighted by molar-refractivity contribution is 7.10. The Hall–Kier alpha value is -0.630. The van der Waals surface area contributed by atoms with Crippen molar-refractivity contribution in [1.29, 1.82) is 0 Å². The molecular formula is C14H20OS. The monoisotopic (exact) mass is 236 g/mol. The minimum Gasteiger partial charge on any atom is -0.298 e. The van der Waals surface area contributed by atoms with Crippen molar-refractivity contribution in [3.8, 4) is 0 Å². The van der Waals surface area contributed by atoms with Crippen LogP contribution >= 0.6 is 11.3 Å². The van der Waals surface area contributed by atoms with Gasteiger partial charge in [-0.05, 0) is 42.7 Å². The van der Waals surface area contributed by atoms with Gasteiger partial charge in [-0.3, -0.25) is 4.79 Å². The van der Waals surface area contributed by atoms with Crippen LogP contribution in [-0.4, -0.2) is 5.78 Å². The second-order valence-corrected chi connectivity index (χ2v) is 6.35. The number of carbonyl (C=O) groups is 1. The molecule has 2 heteroatoms. The van der Waals surface area contributed by atoms with E-state index < -0.39 is 0 Å². The number of ketones is 1. The highest BCUT2D eigenvalue weighted by atomic mass is 32.1. The Bertz CT molecular complexity index is 389. The van der Waals surface area contributed by atoms with Crippen LogP contribution in [0.25, 0.3) is 0 Å². The Balaban J connectivity index is 2.28. The molecule has 0 aliphatic heterocycles. The lowest BCUT2D eigenvalue weighted by Crippen LogP contribution is -2.30. The summed E-state index contributed by atoms with van der Waals surface area (Å²) in [5, 5.41) is 2.13. The number of thiophene rings is 1. The molecule has 16 heavy (non-hydrogen) atoms. The first-order valence-corrected chi connectivity index (χ1v) is 7.05. The molecule has 0 saturated carbocycles. The number of carbonyl (C=O) groups excluding carboxylic acids is 1. The summed E-state index contributed by atoms with van der Waals surface area (Å²) in [6.07, 6.45) is 4.32. The van der Waals surface area contributed by atoms with Crippen LogP contribution in [0.2, 0.25) is 0 Å². The molecule has 0 amide bonds. The number of Topliss-reactive ketones (excluding diaryl/α,β-unsaturated/α-hetero) is 1. The molecule has 0 radical (unpaired) electrons. The summed E-state index contributed by atoms with van der Waals surface area (Å²) in [6, 6.07) is 2.16. The maximum absolute atomic E-state index is 12.5. The van der Waals surface area contributed by atoms with E-state index in [9.17, 15) is 4.79 Å². The fourth-order valence-electron chi connectivity index (χ4n) is 2.40.